The van der Waals surface area contributed by atoms with E-state index in [1.807, 2.05) is 0 Å². The zero-order chi connectivity index (χ0) is 16.7. The van der Waals surface area contributed by atoms with Crippen molar-refractivity contribution in [3.63, 3.8) is 0 Å². The third-order valence-electron chi connectivity index (χ3n) is 4.94. The Morgan fingerprint density at radius 2 is 1.86 bits per heavy atom. The quantitative estimate of drug-likeness (QED) is 0.465. The van der Waals surface area contributed by atoms with Crippen LogP contribution in [0.5, 0.6) is 0 Å². The highest BCUT2D eigenvalue weighted by molar-refractivity contribution is 7.88. The highest BCUT2D eigenvalue weighted by Gasteiger charge is 2.80. The van der Waals surface area contributed by atoms with Gasteiger partial charge >= 0.3 is 27.3 Å². The second kappa shape index (κ2) is 3.99. The number of alkyl halides is 4. The summed E-state index contributed by atoms with van der Waals surface area (Å²) in [5, 5.41) is -5.61. The molecule has 3 aliphatic carbocycles. The number of ketones is 1. The molecule has 0 aromatic carbocycles. The first-order valence-electron chi connectivity index (χ1n) is 6.35. The van der Waals surface area contributed by atoms with Gasteiger partial charge in [-0.15, -0.1) is 0 Å². The standard InChI is InChI=1S/C11H10F4O6S/c12-10(11(13,14)15,22(18,19)20)8(17)21-6-5-2-1-4-3-9(4,5)7(6)16/h4-6H,1-3H2,(H,18,19,20). The predicted octanol–water partition coefficient (Wildman–Crippen LogP) is 1.01. The summed E-state index contributed by atoms with van der Waals surface area (Å²) in [5.74, 6) is -3.83. The molecule has 1 spiro atoms. The summed E-state index contributed by atoms with van der Waals surface area (Å²) in [4.78, 5) is 23.3. The Morgan fingerprint density at radius 3 is 2.32 bits per heavy atom. The smallest absolute Gasteiger partial charge is 0.450 e. The van der Waals surface area contributed by atoms with Crippen molar-refractivity contribution < 1.29 is 44.9 Å². The number of ether oxygens (including phenoxy) is 1. The van der Waals surface area contributed by atoms with E-state index in [9.17, 15) is 35.6 Å². The van der Waals surface area contributed by atoms with Gasteiger partial charge in [-0.1, -0.05) is 0 Å². The summed E-state index contributed by atoms with van der Waals surface area (Å²) in [6, 6.07) is 0. The second-order valence-corrected chi connectivity index (χ2v) is 7.40. The predicted molar refractivity (Wildman–Crippen MR) is 59.6 cm³/mol. The van der Waals surface area contributed by atoms with Crippen molar-refractivity contribution >= 4 is 21.9 Å². The molecule has 3 aliphatic rings. The Morgan fingerprint density at radius 1 is 1.27 bits per heavy atom. The molecule has 3 fully saturated rings. The molecular weight excluding hydrogens is 336 g/mol. The summed E-state index contributed by atoms with van der Waals surface area (Å²) < 4.78 is 85.5. The van der Waals surface area contributed by atoms with Crippen LogP contribution in [0.4, 0.5) is 17.6 Å². The Kier molecular flexibility index (Phi) is 2.84. The zero-order valence-electron chi connectivity index (χ0n) is 10.8. The Balaban J connectivity index is 1.83. The maximum absolute atomic E-state index is 13.7. The summed E-state index contributed by atoms with van der Waals surface area (Å²) in [5.41, 5.74) is -0.680. The lowest BCUT2D eigenvalue weighted by Crippen LogP contribution is -2.60. The van der Waals surface area contributed by atoms with Gasteiger partial charge in [-0.3, -0.25) is 9.35 Å². The minimum Gasteiger partial charge on any atom is -0.450 e. The molecule has 0 aliphatic heterocycles. The summed E-state index contributed by atoms with van der Waals surface area (Å²) in [7, 11) is -6.47. The van der Waals surface area contributed by atoms with Crippen LogP contribution >= 0.6 is 0 Å². The molecule has 5 unspecified atom stereocenters. The SMILES string of the molecule is O=C1C(OC(=O)C(F)(C(F)(F)F)S(=O)(=O)O)C2CCC3CC132. The summed E-state index contributed by atoms with van der Waals surface area (Å²) >= 11 is 0. The highest BCUT2D eigenvalue weighted by atomic mass is 32.2. The van der Waals surface area contributed by atoms with Crippen LogP contribution in [-0.4, -0.2) is 42.0 Å². The summed E-state index contributed by atoms with van der Waals surface area (Å²) in [6.07, 6.45) is -6.17. The fourth-order valence-electron chi connectivity index (χ4n) is 3.75. The van der Waals surface area contributed by atoms with Crippen LogP contribution in [0.3, 0.4) is 0 Å². The van der Waals surface area contributed by atoms with Crippen LogP contribution in [0.1, 0.15) is 19.3 Å². The lowest BCUT2D eigenvalue weighted by Gasteiger charge is -2.41. The van der Waals surface area contributed by atoms with Gasteiger partial charge in [0.2, 0.25) is 0 Å². The number of carbonyl (C=O) groups is 2. The third kappa shape index (κ3) is 1.60. The Labute approximate surface area is 121 Å². The second-order valence-electron chi connectivity index (χ2n) is 5.88. The fourth-order valence-corrected chi connectivity index (χ4v) is 4.30. The van der Waals surface area contributed by atoms with E-state index in [1.165, 1.54) is 0 Å². The van der Waals surface area contributed by atoms with E-state index in [0.29, 0.717) is 19.3 Å². The van der Waals surface area contributed by atoms with Crippen LogP contribution in [0.25, 0.3) is 0 Å². The highest BCUT2D eigenvalue weighted by Crippen LogP contribution is 2.74. The first-order chi connectivity index (χ1) is 9.87. The molecule has 3 saturated carbocycles. The topological polar surface area (TPSA) is 97.7 Å². The largest absolute Gasteiger partial charge is 0.451 e. The lowest BCUT2D eigenvalue weighted by molar-refractivity contribution is -0.223. The molecule has 0 aromatic heterocycles. The van der Waals surface area contributed by atoms with Crippen LogP contribution in [-0.2, 0) is 24.4 Å². The Hall–Kier alpha value is -1.23. The molecule has 11 heteroatoms. The average molecular weight is 346 g/mol. The van der Waals surface area contributed by atoms with Crippen LogP contribution in [0.2, 0.25) is 0 Å². The minimum absolute atomic E-state index is 0.110. The van der Waals surface area contributed by atoms with E-state index in [2.05, 4.69) is 4.74 Å². The van der Waals surface area contributed by atoms with E-state index in [-0.39, 0.29) is 5.92 Å². The number of esters is 1. The van der Waals surface area contributed by atoms with Crippen molar-refractivity contribution in [2.45, 2.75) is 36.5 Å². The van der Waals surface area contributed by atoms with Gasteiger partial charge in [0.1, 0.15) is 0 Å². The molecule has 0 bridgehead atoms. The number of hydrogen-bond donors (Lipinski definition) is 1. The maximum atomic E-state index is 13.7. The molecule has 0 aromatic rings. The molecule has 22 heavy (non-hydrogen) atoms. The van der Waals surface area contributed by atoms with Crippen LogP contribution in [0.15, 0.2) is 0 Å². The van der Waals surface area contributed by atoms with Gasteiger partial charge in [-0.05, 0) is 25.2 Å². The monoisotopic (exact) mass is 346 g/mol. The molecular formula is C11H10F4O6S. The maximum Gasteiger partial charge on any atom is 0.451 e. The molecule has 5 atom stereocenters. The lowest BCUT2D eigenvalue weighted by atomic mass is 9.67. The van der Waals surface area contributed by atoms with Crippen molar-refractivity contribution in [2.75, 3.05) is 0 Å². The van der Waals surface area contributed by atoms with E-state index in [0.717, 1.165) is 0 Å². The number of rotatable bonds is 3. The average Bonchev–Trinajstić information content (AvgIpc) is 3.03. The van der Waals surface area contributed by atoms with Crippen LogP contribution in [0, 0.1) is 17.3 Å². The molecule has 3 rings (SSSR count). The van der Waals surface area contributed by atoms with Crippen molar-refractivity contribution in [2.24, 2.45) is 17.3 Å². The van der Waals surface area contributed by atoms with Crippen LogP contribution < -0.4 is 0 Å². The van der Waals surface area contributed by atoms with E-state index in [1.54, 1.807) is 0 Å². The molecule has 0 heterocycles. The first-order valence-corrected chi connectivity index (χ1v) is 7.79. The van der Waals surface area contributed by atoms with Crippen molar-refractivity contribution in [1.82, 2.24) is 0 Å². The van der Waals surface area contributed by atoms with Gasteiger partial charge in [-0.2, -0.15) is 21.6 Å². The van der Waals surface area contributed by atoms with E-state index >= 15 is 0 Å². The molecule has 124 valence electrons. The van der Waals surface area contributed by atoms with Crippen molar-refractivity contribution in [3.05, 3.63) is 0 Å². The molecule has 6 nitrogen and oxygen atoms in total. The van der Waals surface area contributed by atoms with E-state index in [4.69, 9.17) is 4.55 Å². The van der Waals surface area contributed by atoms with Gasteiger partial charge < -0.3 is 4.74 Å². The van der Waals surface area contributed by atoms with Gasteiger partial charge in [0.15, 0.2) is 11.9 Å². The van der Waals surface area contributed by atoms with E-state index < -0.39 is 50.5 Å². The van der Waals surface area contributed by atoms with Gasteiger partial charge in [0.05, 0.1) is 0 Å². The number of hydrogen-bond acceptors (Lipinski definition) is 5. The molecule has 0 saturated heterocycles. The summed E-state index contributed by atoms with van der Waals surface area (Å²) in [6.45, 7) is 0. The minimum atomic E-state index is -6.47. The molecule has 0 radical (unpaired) electrons. The first kappa shape index (κ1) is 15.7. The zero-order valence-corrected chi connectivity index (χ0v) is 11.6. The normalized spacial score (nSPS) is 39.3. The van der Waals surface area contributed by atoms with Crippen molar-refractivity contribution in [1.29, 1.82) is 0 Å². The van der Waals surface area contributed by atoms with Gasteiger partial charge in [-0.25, -0.2) is 9.18 Å². The number of carbonyl (C=O) groups excluding carboxylic acids is 2. The molecule has 1 N–H and O–H groups in total. The number of halogens is 4. The van der Waals surface area contributed by atoms with Gasteiger partial charge in [0.25, 0.3) is 0 Å². The van der Waals surface area contributed by atoms with Gasteiger partial charge in [0, 0.05) is 11.3 Å². The third-order valence-corrected chi connectivity index (χ3v) is 6.05. The fraction of sp³-hybridized carbons (Fsp3) is 0.818. The number of Topliss-reactive ketones (excluding diaryl/α,β-unsaturated/α-hetero) is 1. The van der Waals surface area contributed by atoms with Crippen molar-refractivity contribution in [3.8, 4) is 0 Å². The Bertz CT molecular complexity index is 673. The molecule has 0 amide bonds.